The third kappa shape index (κ3) is 1.90. The van der Waals surface area contributed by atoms with Gasteiger partial charge in [0.1, 0.15) is 5.75 Å². The van der Waals surface area contributed by atoms with Gasteiger partial charge in [0.05, 0.1) is 0 Å². The summed E-state index contributed by atoms with van der Waals surface area (Å²) in [5.74, 6) is -1.40. The third-order valence-electron chi connectivity index (χ3n) is 1.56. The summed E-state index contributed by atoms with van der Waals surface area (Å²) in [5.41, 5.74) is -1.30. The Balaban J connectivity index is 3.32. The Morgan fingerprint density at radius 2 is 1.29 bits per heavy atom. The quantitative estimate of drug-likeness (QED) is 0.185. The van der Waals surface area contributed by atoms with E-state index in [1.54, 1.807) is 0 Å². The van der Waals surface area contributed by atoms with Gasteiger partial charge in [0.2, 0.25) is 17.1 Å². The van der Waals surface area contributed by atoms with Crippen LogP contribution in [0.1, 0.15) is 0 Å². The zero-order valence-electron chi connectivity index (χ0n) is 6.76. The van der Waals surface area contributed by atoms with Crippen LogP contribution in [-0.2, 0) is 0 Å². The lowest BCUT2D eigenvalue weighted by atomic mass is 10.2. The summed E-state index contributed by atoms with van der Waals surface area (Å²) in [5, 5.41) is 53.2. The second kappa shape index (κ2) is 3.75. The van der Waals surface area contributed by atoms with Gasteiger partial charge >= 0.3 is 0 Å². The fourth-order valence-corrected chi connectivity index (χ4v) is 0.945. The van der Waals surface area contributed by atoms with Crippen LogP contribution in [0.25, 0.3) is 0 Å². The average Bonchev–Trinajstić information content (AvgIpc) is 2.07. The van der Waals surface area contributed by atoms with Gasteiger partial charge in [0, 0.05) is 12.1 Å². The van der Waals surface area contributed by atoms with E-state index in [2.05, 4.69) is 0 Å². The molecule has 0 saturated carbocycles. The normalized spacial score (nSPS) is 15.1. The lowest BCUT2D eigenvalue weighted by Crippen LogP contribution is -3.00. The molecule has 0 bridgehead atoms. The Bertz CT molecular complexity index is 310. The average molecular weight is 204 g/mol. The van der Waals surface area contributed by atoms with Gasteiger partial charge < -0.3 is 20.6 Å². The van der Waals surface area contributed by atoms with E-state index in [-0.39, 0.29) is 0 Å². The molecule has 2 unspecified atom stereocenters. The van der Waals surface area contributed by atoms with Gasteiger partial charge in [-0.2, -0.15) is 10.5 Å². The zero-order chi connectivity index (χ0) is 10.9. The van der Waals surface area contributed by atoms with Crippen LogP contribution in [0.3, 0.4) is 0 Å². The zero-order valence-corrected chi connectivity index (χ0v) is 6.76. The predicted octanol–water partition coefficient (Wildman–Crippen LogP) is -2.10. The minimum absolute atomic E-state index is 0.530. The molecule has 78 valence electrons. The highest BCUT2D eigenvalue weighted by molar-refractivity contribution is 5.61. The van der Waals surface area contributed by atoms with Gasteiger partial charge in [-0.15, -0.1) is 0 Å². The van der Waals surface area contributed by atoms with E-state index in [1.165, 1.54) is 0 Å². The Morgan fingerprint density at radius 1 is 0.929 bits per heavy atom. The Labute approximate surface area is 77.5 Å². The first-order valence-electron chi connectivity index (χ1n) is 3.46. The molecule has 0 aliphatic heterocycles. The van der Waals surface area contributed by atoms with Crippen molar-refractivity contribution in [3.8, 4) is 11.5 Å². The smallest absolute Gasteiger partial charge is 0.246 e. The Hall–Kier alpha value is -1.42. The number of quaternary nitrogens is 2. The van der Waals surface area contributed by atoms with Crippen LogP contribution in [0, 0.1) is 10.4 Å². The van der Waals surface area contributed by atoms with Crippen molar-refractivity contribution in [2.75, 3.05) is 0 Å². The molecule has 8 heteroatoms. The topological polar surface area (TPSA) is 136 Å². The maximum atomic E-state index is 10.5. The van der Waals surface area contributed by atoms with Crippen LogP contribution in [0.15, 0.2) is 12.1 Å². The molecule has 0 heterocycles. The van der Waals surface area contributed by atoms with Crippen molar-refractivity contribution in [2.24, 2.45) is 0 Å². The molecule has 0 aliphatic rings. The minimum Gasteiger partial charge on any atom is -0.595 e. The summed E-state index contributed by atoms with van der Waals surface area (Å²) in [6.45, 7) is 0. The van der Waals surface area contributed by atoms with Gasteiger partial charge in [-0.3, -0.25) is 0 Å². The molecule has 2 atom stereocenters. The van der Waals surface area contributed by atoms with E-state index in [0.29, 0.717) is 0 Å². The van der Waals surface area contributed by atoms with Crippen molar-refractivity contribution in [3.05, 3.63) is 22.5 Å². The Morgan fingerprint density at radius 3 is 1.57 bits per heavy atom. The number of phenolic OH excluding ortho intramolecular Hbond substituents is 2. The predicted molar refractivity (Wildman–Crippen MR) is 41.3 cm³/mol. The summed E-state index contributed by atoms with van der Waals surface area (Å²) in [7, 11) is 0. The Kier molecular flexibility index (Phi) is 2.86. The van der Waals surface area contributed by atoms with Crippen molar-refractivity contribution in [1.29, 1.82) is 0 Å². The molecule has 0 aliphatic carbocycles. The van der Waals surface area contributed by atoms with E-state index in [1.807, 2.05) is 0 Å². The van der Waals surface area contributed by atoms with E-state index in [4.69, 9.17) is 15.5 Å². The molecule has 8 nitrogen and oxygen atoms in total. The first kappa shape index (κ1) is 10.7. The number of aromatic hydroxyl groups is 2. The SMILES string of the molecule is [O-][NH+](O)c1cc(O)cc([NH+]([O-])O)c1O. The van der Waals surface area contributed by atoms with Crippen molar-refractivity contribution in [1.82, 2.24) is 0 Å². The number of benzene rings is 1. The van der Waals surface area contributed by atoms with Crippen LogP contribution >= 0.6 is 0 Å². The summed E-state index contributed by atoms with van der Waals surface area (Å²) < 4.78 is 0. The summed E-state index contributed by atoms with van der Waals surface area (Å²) >= 11 is 0. The largest absolute Gasteiger partial charge is 0.595 e. The molecule has 6 N–H and O–H groups in total. The summed E-state index contributed by atoms with van der Waals surface area (Å²) in [4.78, 5) is 0. The van der Waals surface area contributed by atoms with E-state index in [9.17, 15) is 15.5 Å². The van der Waals surface area contributed by atoms with Gasteiger partial charge in [-0.1, -0.05) is 0 Å². The molecule has 14 heavy (non-hydrogen) atoms. The molecule has 1 rings (SSSR count). The van der Waals surface area contributed by atoms with E-state index in [0.717, 1.165) is 12.1 Å². The molecule has 0 amide bonds. The van der Waals surface area contributed by atoms with Crippen LogP contribution in [0.4, 0.5) is 11.4 Å². The fraction of sp³-hybridized carbons (Fsp3) is 0. The van der Waals surface area contributed by atoms with E-state index >= 15 is 0 Å². The number of rotatable bonds is 2. The van der Waals surface area contributed by atoms with Crippen LogP contribution in [0.2, 0.25) is 0 Å². The van der Waals surface area contributed by atoms with E-state index < -0.39 is 33.3 Å². The van der Waals surface area contributed by atoms with Crippen molar-refractivity contribution < 1.29 is 31.1 Å². The number of hydrogen-bond acceptors (Lipinski definition) is 6. The highest BCUT2D eigenvalue weighted by atomic mass is 16.8. The third-order valence-corrected chi connectivity index (χ3v) is 1.56. The molecular formula is C6H8N2O6. The van der Waals surface area contributed by atoms with Crippen molar-refractivity contribution >= 4 is 11.4 Å². The van der Waals surface area contributed by atoms with Crippen LogP contribution < -0.4 is 10.5 Å². The highest BCUT2D eigenvalue weighted by Gasteiger charge is 2.19. The van der Waals surface area contributed by atoms with Crippen molar-refractivity contribution in [2.45, 2.75) is 0 Å². The second-order valence-electron chi connectivity index (χ2n) is 2.50. The number of phenols is 2. The molecule has 1 aromatic rings. The first-order valence-corrected chi connectivity index (χ1v) is 3.46. The lowest BCUT2D eigenvalue weighted by molar-refractivity contribution is -0.996. The molecule has 0 spiro atoms. The maximum absolute atomic E-state index is 10.5. The minimum atomic E-state index is -1.51. The van der Waals surface area contributed by atoms with Crippen molar-refractivity contribution in [3.63, 3.8) is 0 Å². The fourth-order valence-electron chi connectivity index (χ4n) is 0.945. The first-order chi connectivity index (χ1) is 6.43. The lowest BCUT2D eigenvalue weighted by Gasteiger charge is -2.17. The van der Waals surface area contributed by atoms with Crippen LogP contribution in [0.5, 0.6) is 11.5 Å². The van der Waals surface area contributed by atoms with Gasteiger partial charge in [0.25, 0.3) is 0 Å². The molecular weight excluding hydrogens is 196 g/mol. The maximum Gasteiger partial charge on any atom is 0.246 e. The van der Waals surface area contributed by atoms with Gasteiger partial charge in [-0.05, 0) is 0 Å². The number of hydrogen-bond donors (Lipinski definition) is 6. The molecule has 0 fully saturated rings. The molecule has 0 saturated heterocycles. The van der Waals surface area contributed by atoms with Crippen LogP contribution in [-0.4, -0.2) is 20.6 Å². The summed E-state index contributed by atoms with van der Waals surface area (Å²) in [6.07, 6.45) is 0. The standard InChI is InChI=1S/C6H8N2O6/c9-3-1-4(7(11)12)6(10)5(2-3)8(13)14/h1-2,7-11,13H. The molecule has 1 aromatic carbocycles. The molecule has 0 aromatic heterocycles. The second-order valence-corrected chi connectivity index (χ2v) is 2.50. The van der Waals surface area contributed by atoms with Gasteiger partial charge in [0.15, 0.2) is 0 Å². The highest BCUT2D eigenvalue weighted by Crippen LogP contribution is 2.31. The monoisotopic (exact) mass is 204 g/mol. The number of nitrogens with one attached hydrogen (secondary N) is 2. The summed E-state index contributed by atoms with van der Waals surface area (Å²) in [6, 6.07) is 1.54. The van der Waals surface area contributed by atoms with Gasteiger partial charge in [-0.25, -0.2) is 10.4 Å². The molecule has 0 radical (unpaired) electrons.